The van der Waals surface area contributed by atoms with E-state index in [1.165, 1.54) is 18.4 Å². The van der Waals surface area contributed by atoms with E-state index in [9.17, 15) is 0 Å². The Bertz CT molecular complexity index is 243. The molecule has 3 heteroatoms. The molecule has 0 radical (unpaired) electrons. The summed E-state index contributed by atoms with van der Waals surface area (Å²) in [4.78, 5) is 0. The average Bonchev–Trinajstić information content (AvgIpc) is 2.87. The summed E-state index contributed by atoms with van der Waals surface area (Å²) in [5, 5.41) is 0. The maximum absolute atomic E-state index is 5.87. The van der Waals surface area contributed by atoms with Crippen molar-refractivity contribution in [2.24, 2.45) is 0 Å². The van der Waals surface area contributed by atoms with Crippen molar-refractivity contribution in [3.8, 4) is 0 Å². The standard InChI is InChI=1S/C9H9Cl2I/c10-12(11)9-5-3-8(4-6-9)7-1-2-7/h3-7H,1-2H2. The third-order valence-corrected chi connectivity index (χ3v) is 5.96. The molecule has 1 fully saturated rings. The van der Waals surface area contributed by atoms with Crippen molar-refractivity contribution in [3.63, 3.8) is 0 Å². The second kappa shape index (κ2) is 3.72. The van der Waals surface area contributed by atoms with Crippen molar-refractivity contribution in [1.82, 2.24) is 0 Å². The number of hydrogen-bond acceptors (Lipinski definition) is 0. The summed E-state index contributed by atoms with van der Waals surface area (Å²) >= 11 is -1.77. The first-order valence-corrected chi connectivity index (χ1v) is 10.4. The summed E-state index contributed by atoms with van der Waals surface area (Å²) < 4.78 is 1.15. The van der Waals surface area contributed by atoms with Crippen LogP contribution in [-0.2, 0) is 0 Å². The zero-order valence-corrected chi connectivity index (χ0v) is 10.1. The van der Waals surface area contributed by atoms with Gasteiger partial charge in [0.05, 0.1) is 0 Å². The summed E-state index contributed by atoms with van der Waals surface area (Å²) in [5.41, 5.74) is 1.45. The minimum atomic E-state index is -1.77. The topological polar surface area (TPSA) is 0 Å². The Morgan fingerprint density at radius 3 is 2.08 bits per heavy atom. The average molecular weight is 315 g/mol. The Labute approximate surface area is 87.1 Å². The Hall–Kier alpha value is 0.530. The first-order valence-electron chi connectivity index (χ1n) is 3.90. The fourth-order valence-electron chi connectivity index (χ4n) is 1.25. The summed E-state index contributed by atoms with van der Waals surface area (Å²) in [6.45, 7) is 0. The van der Waals surface area contributed by atoms with Crippen LogP contribution in [0.4, 0.5) is 0 Å². The second-order valence-corrected chi connectivity index (χ2v) is 10.2. The van der Waals surface area contributed by atoms with Gasteiger partial charge in [0.1, 0.15) is 0 Å². The quantitative estimate of drug-likeness (QED) is 0.703. The molecular weight excluding hydrogens is 306 g/mol. The van der Waals surface area contributed by atoms with Gasteiger partial charge < -0.3 is 0 Å². The van der Waals surface area contributed by atoms with Crippen LogP contribution in [0.1, 0.15) is 24.3 Å². The van der Waals surface area contributed by atoms with Crippen LogP contribution in [0, 0.1) is 3.57 Å². The van der Waals surface area contributed by atoms with E-state index >= 15 is 0 Å². The molecule has 1 aromatic rings. The van der Waals surface area contributed by atoms with E-state index < -0.39 is 17.6 Å². The van der Waals surface area contributed by atoms with Crippen LogP contribution < -0.4 is 0 Å². The first-order chi connectivity index (χ1) is 5.77. The molecule has 0 heterocycles. The molecule has 2 rings (SSSR count). The fraction of sp³-hybridized carbons (Fsp3) is 0.333. The van der Waals surface area contributed by atoms with Crippen LogP contribution in [0.15, 0.2) is 24.3 Å². The van der Waals surface area contributed by atoms with E-state index in [1.807, 2.05) is 0 Å². The van der Waals surface area contributed by atoms with E-state index in [-0.39, 0.29) is 0 Å². The SMILES string of the molecule is ClI(Cl)c1ccc(C2CC2)cc1. The zero-order valence-electron chi connectivity index (χ0n) is 6.43. The van der Waals surface area contributed by atoms with Gasteiger partial charge in [-0.3, -0.25) is 0 Å². The fourth-order valence-corrected chi connectivity index (χ4v) is 3.43. The molecule has 1 aromatic carbocycles. The van der Waals surface area contributed by atoms with Crippen LogP contribution >= 0.6 is 35.4 Å². The van der Waals surface area contributed by atoms with Crippen molar-refractivity contribution in [1.29, 1.82) is 0 Å². The molecular formula is C9H9Cl2I. The molecule has 1 aliphatic carbocycles. The predicted molar refractivity (Wildman–Crippen MR) is 62.8 cm³/mol. The summed E-state index contributed by atoms with van der Waals surface area (Å²) in [7, 11) is 11.7. The van der Waals surface area contributed by atoms with Crippen LogP contribution in [0.25, 0.3) is 0 Å². The van der Waals surface area contributed by atoms with Crippen LogP contribution in [0.2, 0.25) is 0 Å². The molecule has 0 spiro atoms. The molecule has 12 heavy (non-hydrogen) atoms. The number of halogens is 3. The maximum atomic E-state index is 5.87. The van der Waals surface area contributed by atoms with Crippen LogP contribution in [0.3, 0.4) is 0 Å². The van der Waals surface area contributed by atoms with Gasteiger partial charge >= 0.3 is 87.5 Å². The van der Waals surface area contributed by atoms with Gasteiger partial charge in [-0.15, -0.1) is 0 Å². The van der Waals surface area contributed by atoms with Crippen molar-refractivity contribution < 1.29 is 0 Å². The van der Waals surface area contributed by atoms with Crippen molar-refractivity contribution in [2.75, 3.05) is 0 Å². The molecule has 0 saturated heterocycles. The van der Waals surface area contributed by atoms with Gasteiger partial charge in [0.15, 0.2) is 0 Å². The first kappa shape index (κ1) is 9.10. The Balaban J connectivity index is 2.18. The second-order valence-electron chi connectivity index (χ2n) is 3.02. The van der Waals surface area contributed by atoms with Gasteiger partial charge in [0.2, 0.25) is 0 Å². The molecule has 0 N–H and O–H groups in total. The van der Waals surface area contributed by atoms with E-state index in [2.05, 4.69) is 24.3 Å². The predicted octanol–water partition coefficient (Wildman–Crippen LogP) is 4.55. The monoisotopic (exact) mass is 314 g/mol. The van der Waals surface area contributed by atoms with Crippen molar-refractivity contribution in [3.05, 3.63) is 33.4 Å². The third kappa shape index (κ3) is 2.06. The third-order valence-electron chi connectivity index (χ3n) is 2.08. The summed E-state index contributed by atoms with van der Waals surface area (Å²) in [6, 6.07) is 8.50. The molecule has 0 aliphatic heterocycles. The van der Waals surface area contributed by atoms with Gasteiger partial charge in [-0.2, -0.15) is 0 Å². The minimum absolute atomic E-state index is 0.826. The molecule has 0 aromatic heterocycles. The van der Waals surface area contributed by atoms with E-state index in [0.717, 1.165) is 9.49 Å². The van der Waals surface area contributed by atoms with Crippen molar-refractivity contribution in [2.45, 2.75) is 18.8 Å². The van der Waals surface area contributed by atoms with Crippen LogP contribution in [-0.4, -0.2) is 0 Å². The number of rotatable bonds is 2. The van der Waals surface area contributed by atoms with Gasteiger partial charge in [0.25, 0.3) is 0 Å². The molecule has 0 nitrogen and oxygen atoms in total. The van der Waals surface area contributed by atoms with E-state index in [4.69, 9.17) is 17.8 Å². The molecule has 1 saturated carbocycles. The molecule has 1 aliphatic rings. The van der Waals surface area contributed by atoms with Gasteiger partial charge in [0, 0.05) is 0 Å². The van der Waals surface area contributed by atoms with Crippen molar-refractivity contribution >= 4 is 35.4 Å². The van der Waals surface area contributed by atoms with E-state index in [0.29, 0.717) is 0 Å². The van der Waals surface area contributed by atoms with E-state index in [1.54, 1.807) is 0 Å². The normalized spacial score (nSPS) is 17.7. The molecule has 66 valence electrons. The molecule has 0 amide bonds. The molecule has 0 bridgehead atoms. The number of hydrogen-bond donors (Lipinski definition) is 0. The zero-order chi connectivity index (χ0) is 8.55. The molecule has 0 atom stereocenters. The summed E-state index contributed by atoms with van der Waals surface area (Å²) in [5.74, 6) is 0.826. The molecule has 0 unspecified atom stereocenters. The Morgan fingerprint density at radius 1 is 1.08 bits per heavy atom. The van der Waals surface area contributed by atoms with Gasteiger partial charge in [-0.05, 0) is 0 Å². The Morgan fingerprint density at radius 2 is 1.67 bits per heavy atom. The number of benzene rings is 1. The Kier molecular flexibility index (Phi) is 2.82. The summed E-state index contributed by atoms with van der Waals surface area (Å²) in [6.07, 6.45) is 2.70. The van der Waals surface area contributed by atoms with Gasteiger partial charge in [-0.1, -0.05) is 0 Å². The van der Waals surface area contributed by atoms with Gasteiger partial charge in [-0.25, -0.2) is 0 Å². The van der Waals surface area contributed by atoms with Crippen LogP contribution in [0.5, 0.6) is 0 Å².